The molecule has 0 fully saturated rings. The molecule has 0 aliphatic heterocycles. The third-order valence-electron chi connectivity index (χ3n) is 3.57. The van der Waals surface area contributed by atoms with Gasteiger partial charge in [0.25, 0.3) is 5.91 Å². The van der Waals surface area contributed by atoms with Crippen molar-refractivity contribution < 1.29 is 23.8 Å². The summed E-state index contributed by atoms with van der Waals surface area (Å²) >= 11 is 3.34. The molecule has 0 heterocycles. The number of ether oxygens (including phenoxy) is 3. The number of hydrogen-bond acceptors (Lipinski definition) is 5. The monoisotopic (exact) mass is 407 g/mol. The molecule has 0 saturated heterocycles. The summed E-state index contributed by atoms with van der Waals surface area (Å²) in [4.78, 5) is 24.8. The van der Waals surface area contributed by atoms with E-state index in [2.05, 4.69) is 21.2 Å². The lowest BCUT2D eigenvalue weighted by Crippen LogP contribution is -2.34. The van der Waals surface area contributed by atoms with Crippen molar-refractivity contribution in [1.82, 2.24) is 5.32 Å². The van der Waals surface area contributed by atoms with E-state index in [-0.39, 0.29) is 5.56 Å². The van der Waals surface area contributed by atoms with Gasteiger partial charge in [0.15, 0.2) is 6.04 Å². The fourth-order valence-corrected chi connectivity index (χ4v) is 2.52. The van der Waals surface area contributed by atoms with E-state index in [0.717, 1.165) is 4.47 Å². The summed E-state index contributed by atoms with van der Waals surface area (Å²) in [6.45, 7) is 0. The average Bonchev–Trinajstić information content (AvgIpc) is 2.65. The third-order valence-corrected chi connectivity index (χ3v) is 4.10. The Morgan fingerprint density at radius 3 is 2.24 bits per heavy atom. The van der Waals surface area contributed by atoms with E-state index in [1.807, 2.05) is 0 Å². The Hall–Kier alpha value is -2.54. The summed E-state index contributed by atoms with van der Waals surface area (Å²) < 4.78 is 16.0. The summed E-state index contributed by atoms with van der Waals surface area (Å²) in [5.41, 5.74) is 0.859. The van der Waals surface area contributed by atoms with Crippen LogP contribution in [0.2, 0.25) is 0 Å². The first-order valence-corrected chi connectivity index (χ1v) is 8.15. The maximum atomic E-state index is 12.7. The molecule has 7 heteroatoms. The Kier molecular flexibility index (Phi) is 6.41. The van der Waals surface area contributed by atoms with Crippen molar-refractivity contribution in [2.45, 2.75) is 6.04 Å². The number of rotatable bonds is 6. The smallest absolute Gasteiger partial charge is 0.333 e. The molecule has 1 amide bonds. The molecule has 0 saturated carbocycles. The number of benzene rings is 2. The van der Waals surface area contributed by atoms with Gasteiger partial charge >= 0.3 is 5.97 Å². The van der Waals surface area contributed by atoms with E-state index in [0.29, 0.717) is 17.1 Å². The lowest BCUT2D eigenvalue weighted by atomic mass is 10.1. The molecule has 0 unspecified atom stereocenters. The van der Waals surface area contributed by atoms with E-state index in [1.165, 1.54) is 21.3 Å². The SMILES string of the molecule is COC(=O)[C@H](NC(=O)c1cc(OC)ccc1OC)c1ccc(Br)cc1. The molecule has 6 nitrogen and oxygen atoms in total. The lowest BCUT2D eigenvalue weighted by molar-refractivity contribution is -0.143. The van der Waals surface area contributed by atoms with Gasteiger partial charge in [-0.05, 0) is 35.9 Å². The topological polar surface area (TPSA) is 73.9 Å². The molecule has 25 heavy (non-hydrogen) atoms. The van der Waals surface area contributed by atoms with Crippen LogP contribution < -0.4 is 14.8 Å². The molecule has 1 N–H and O–H groups in total. The normalized spacial score (nSPS) is 11.4. The highest BCUT2D eigenvalue weighted by Crippen LogP contribution is 2.25. The number of esters is 1. The molecule has 0 radical (unpaired) electrons. The highest BCUT2D eigenvalue weighted by atomic mass is 79.9. The molecule has 0 aromatic heterocycles. The minimum absolute atomic E-state index is 0.257. The predicted molar refractivity (Wildman–Crippen MR) is 95.9 cm³/mol. The van der Waals surface area contributed by atoms with Gasteiger partial charge in [0.1, 0.15) is 11.5 Å². The zero-order valence-electron chi connectivity index (χ0n) is 14.0. The Bertz CT molecular complexity index is 761. The second kappa shape index (κ2) is 8.53. The van der Waals surface area contributed by atoms with Crippen molar-refractivity contribution in [2.24, 2.45) is 0 Å². The minimum Gasteiger partial charge on any atom is -0.497 e. The van der Waals surface area contributed by atoms with E-state index >= 15 is 0 Å². The van der Waals surface area contributed by atoms with Crippen molar-refractivity contribution in [3.8, 4) is 11.5 Å². The Labute approximate surface area is 154 Å². The van der Waals surface area contributed by atoms with Gasteiger partial charge < -0.3 is 19.5 Å². The number of carbonyl (C=O) groups excluding carboxylic acids is 2. The summed E-state index contributed by atoms with van der Waals surface area (Å²) in [5.74, 6) is -0.173. The highest BCUT2D eigenvalue weighted by Gasteiger charge is 2.25. The van der Waals surface area contributed by atoms with Gasteiger partial charge in [0.2, 0.25) is 0 Å². The van der Waals surface area contributed by atoms with Crippen molar-refractivity contribution in [3.05, 3.63) is 58.1 Å². The summed E-state index contributed by atoms with van der Waals surface area (Å²) in [6.07, 6.45) is 0. The van der Waals surface area contributed by atoms with Crippen LogP contribution >= 0.6 is 15.9 Å². The van der Waals surface area contributed by atoms with Crippen molar-refractivity contribution in [1.29, 1.82) is 0 Å². The van der Waals surface area contributed by atoms with Crippen LogP contribution in [0.5, 0.6) is 11.5 Å². The van der Waals surface area contributed by atoms with Gasteiger partial charge in [-0.1, -0.05) is 28.1 Å². The lowest BCUT2D eigenvalue weighted by Gasteiger charge is -2.18. The largest absolute Gasteiger partial charge is 0.497 e. The van der Waals surface area contributed by atoms with E-state index < -0.39 is 17.9 Å². The van der Waals surface area contributed by atoms with Gasteiger partial charge in [-0.15, -0.1) is 0 Å². The van der Waals surface area contributed by atoms with Gasteiger partial charge in [-0.25, -0.2) is 4.79 Å². The fraction of sp³-hybridized carbons (Fsp3) is 0.222. The highest BCUT2D eigenvalue weighted by molar-refractivity contribution is 9.10. The van der Waals surface area contributed by atoms with Crippen molar-refractivity contribution >= 4 is 27.8 Å². The summed E-state index contributed by atoms with van der Waals surface area (Å²) in [5, 5.41) is 2.68. The number of hydrogen-bond donors (Lipinski definition) is 1. The van der Waals surface area contributed by atoms with Crippen LogP contribution in [0, 0.1) is 0 Å². The Balaban J connectivity index is 2.34. The first-order chi connectivity index (χ1) is 12.0. The molecule has 2 aromatic rings. The Morgan fingerprint density at radius 1 is 1.00 bits per heavy atom. The van der Waals surface area contributed by atoms with Gasteiger partial charge in [-0.3, -0.25) is 4.79 Å². The van der Waals surface area contributed by atoms with Crippen molar-refractivity contribution in [2.75, 3.05) is 21.3 Å². The molecule has 0 bridgehead atoms. The van der Waals surface area contributed by atoms with Crippen LogP contribution in [0.3, 0.4) is 0 Å². The number of nitrogens with one attached hydrogen (secondary N) is 1. The summed E-state index contributed by atoms with van der Waals surface area (Å²) in [6, 6.07) is 10.9. The molecule has 2 aromatic carbocycles. The van der Waals surface area contributed by atoms with Crippen LogP contribution in [0.1, 0.15) is 22.0 Å². The van der Waals surface area contributed by atoms with E-state index in [4.69, 9.17) is 14.2 Å². The second-order valence-electron chi connectivity index (χ2n) is 5.05. The van der Waals surface area contributed by atoms with Crippen LogP contribution in [-0.4, -0.2) is 33.2 Å². The molecule has 0 aliphatic rings. The number of halogens is 1. The molecule has 0 aliphatic carbocycles. The number of methoxy groups -OCH3 is 3. The third kappa shape index (κ3) is 4.51. The zero-order valence-corrected chi connectivity index (χ0v) is 15.6. The van der Waals surface area contributed by atoms with Crippen LogP contribution in [0.4, 0.5) is 0 Å². The second-order valence-corrected chi connectivity index (χ2v) is 5.96. The van der Waals surface area contributed by atoms with Gasteiger partial charge in [0, 0.05) is 4.47 Å². The molecular weight excluding hydrogens is 390 g/mol. The fourth-order valence-electron chi connectivity index (χ4n) is 2.25. The van der Waals surface area contributed by atoms with Crippen LogP contribution in [-0.2, 0) is 9.53 Å². The molecular formula is C18H18BrNO5. The Morgan fingerprint density at radius 2 is 1.68 bits per heavy atom. The first kappa shape index (κ1) is 18.8. The molecule has 132 valence electrons. The van der Waals surface area contributed by atoms with E-state index in [1.54, 1.807) is 42.5 Å². The predicted octanol–water partition coefficient (Wildman–Crippen LogP) is 3.11. The quantitative estimate of drug-likeness (QED) is 0.744. The summed E-state index contributed by atoms with van der Waals surface area (Å²) in [7, 11) is 4.24. The molecule has 2 rings (SSSR count). The van der Waals surface area contributed by atoms with Crippen LogP contribution in [0.25, 0.3) is 0 Å². The number of amides is 1. The van der Waals surface area contributed by atoms with Gasteiger partial charge in [-0.2, -0.15) is 0 Å². The molecule has 0 spiro atoms. The van der Waals surface area contributed by atoms with E-state index in [9.17, 15) is 9.59 Å². The average molecular weight is 408 g/mol. The maximum absolute atomic E-state index is 12.7. The zero-order chi connectivity index (χ0) is 18.4. The van der Waals surface area contributed by atoms with Crippen molar-refractivity contribution in [3.63, 3.8) is 0 Å². The maximum Gasteiger partial charge on any atom is 0.333 e. The molecule has 1 atom stereocenters. The number of carbonyl (C=O) groups is 2. The van der Waals surface area contributed by atoms with Crippen LogP contribution in [0.15, 0.2) is 46.9 Å². The first-order valence-electron chi connectivity index (χ1n) is 7.36. The standard InChI is InChI=1S/C18H18BrNO5/c1-23-13-8-9-15(24-2)14(10-13)17(21)20-16(18(22)25-3)11-4-6-12(19)7-5-11/h4-10,16H,1-3H3,(H,20,21)/t16-/m1/s1. The van der Waals surface area contributed by atoms with Gasteiger partial charge in [0.05, 0.1) is 26.9 Å². The minimum atomic E-state index is -0.943.